The Morgan fingerprint density at radius 3 is 2.58 bits per heavy atom. The number of carboxylic acid groups (broad SMARTS) is 1. The molecule has 1 aliphatic rings. The van der Waals surface area contributed by atoms with Crippen molar-refractivity contribution in [1.82, 2.24) is 9.88 Å². The Morgan fingerprint density at radius 1 is 1.26 bits per heavy atom. The van der Waals surface area contributed by atoms with Crippen LogP contribution in [0.4, 0.5) is 0 Å². The molecule has 0 aromatic carbocycles. The van der Waals surface area contributed by atoms with Gasteiger partial charge in [0.25, 0.3) is 5.91 Å². The molecule has 1 N–H and O–H groups in total. The fourth-order valence-corrected chi connectivity index (χ4v) is 2.28. The molecule has 1 aliphatic heterocycles. The van der Waals surface area contributed by atoms with Gasteiger partial charge >= 0.3 is 5.97 Å². The first-order valence-corrected chi connectivity index (χ1v) is 6.48. The quantitative estimate of drug-likeness (QED) is 0.883. The van der Waals surface area contributed by atoms with E-state index in [0.29, 0.717) is 24.9 Å². The van der Waals surface area contributed by atoms with Crippen LogP contribution in [0.1, 0.15) is 41.2 Å². The number of hydrogen-bond acceptors (Lipinski definition) is 3. The van der Waals surface area contributed by atoms with E-state index in [1.54, 1.807) is 17.0 Å². The summed E-state index contributed by atoms with van der Waals surface area (Å²) in [6, 6.07) is 4.51. The zero-order chi connectivity index (χ0) is 14.0. The second kappa shape index (κ2) is 5.38. The second-order valence-electron chi connectivity index (χ2n) is 5.21. The third kappa shape index (κ3) is 2.92. The van der Waals surface area contributed by atoms with Gasteiger partial charge in [0.05, 0.1) is 0 Å². The number of likely N-dealkylation sites (tertiary alicyclic amines) is 1. The number of pyridine rings is 1. The van der Waals surface area contributed by atoms with Crippen molar-refractivity contribution in [2.75, 3.05) is 13.1 Å². The third-order valence-electron chi connectivity index (χ3n) is 3.81. The summed E-state index contributed by atoms with van der Waals surface area (Å²) >= 11 is 0. The zero-order valence-corrected chi connectivity index (χ0v) is 11.2. The van der Waals surface area contributed by atoms with Crippen LogP contribution in [0.3, 0.4) is 0 Å². The number of carbonyl (C=O) groups is 2. The van der Waals surface area contributed by atoms with Crippen LogP contribution in [0, 0.1) is 11.8 Å². The molecule has 0 aliphatic carbocycles. The molecule has 5 heteroatoms. The van der Waals surface area contributed by atoms with Crippen molar-refractivity contribution in [1.29, 1.82) is 0 Å². The molecule has 2 unspecified atom stereocenters. The van der Waals surface area contributed by atoms with E-state index < -0.39 is 5.97 Å². The van der Waals surface area contributed by atoms with Gasteiger partial charge in [0, 0.05) is 13.1 Å². The maximum absolute atomic E-state index is 12.3. The van der Waals surface area contributed by atoms with Gasteiger partial charge in [-0.15, -0.1) is 0 Å². The minimum absolute atomic E-state index is 0.0933. The van der Waals surface area contributed by atoms with Crippen molar-refractivity contribution in [3.63, 3.8) is 0 Å². The molecule has 0 bridgehead atoms. The molecule has 2 atom stereocenters. The standard InChI is InChI=1S/C14H18N2O3/c1-9-6-7-16(8-10(9)2)13(17)11-4-3-5-12(15-11)14(18)19/h3-5,9-10H,6-8H2,1-2H3,(H,18,19). The molecule has 1 aromatic heterocycles. The molecule has 0 radical (unpaired) electrons. The lowest BCUT2D eigenvalue weighted by Gasteiger charge is -2.35. The summed E-state index contributed by atoms with van der Waals surface area (Å²) in [4.78, 5) is 28.8. The lowest BCUT2D eigenvalue weighted by molar-refractivity contribution is 0.0621. The van der Waals surface area contributed by atoms with Crippen molar-refractivity contribution in [2.24, 2.45) is 11.8 Å². The van der Waals surface area contributed by atoms with Crippen molar-refractivity contribution in [3.8, 4) is 0 Å². The molecule has 5 nitrogen and oxygen atoms in total. The number of nitrogens with zero attached hydrogens (tertiary/aromatic N) is 2. The van der Waals surface area contributed by atoms with Crippen LogP contribution >= 0.6 is 0 Å². The fourth-order valence-electron chi connectivity index (χ4n) is 2.28. The van der Waals surface area contributed by atoms with E-state index in [-0.39, 0.29) is 17.3 Å². The maximum Gasteiger partial charge on any atom is 0.354 e. The highest BCUT2D eigenvalue weighted by Gasteiger charge is 2.27. The summed E-state index contributed by atoms with van der Waals surface area (Å²) in [5.74, 6) is -0.222. The summed E-state index contributed by atoms with van der Waals surface area (Å²) in [5, 5.41) is 8.89. The average molecular weight is 262 g/mol. The van der Waals surface area contributed by atoms with Crippen LogP contribution in [0.5, 0.6) is 0 Å². The summed E-state index contributed by atoms with van der Waals surface area (Å²) in [6.45, 7) is 5.74. The molecule has 1 fully saturated rings. The smallest absolute Gasteiger partial charge is 0.354 e. The maximum atomic E-state index is 12.3. The molecule has 1 amide bonds. The molecule has 19 heavy (non-hydrogen) atoms. The van der Waals surface area contributed by atoms with Crippen LogP contribution in [0.2, 0.25) is 0 Å². The number of carbonyl (C=O) groups excluding carboxylic acids is 1. The van der Waals surface area contributed by atoms with Crippen LogP contribution in [0.15, 0.2) is 18.2 Å². The Bertz CT molecular complexity index is 501. The highest BCUT2D eigenvalue weighted by Crippen LogP contribution is 2.23. The third-order valence-corrected chi connectivity index (χ3v) is 3.81. The second-order valence-corrected chi connectivity index (χ2v) is 5.21. The predicted octanol–water partition coefficient (Wildman–Crippen LogP) is 1.90. The van der Waals surface area contributed by atoms with E-state index in [9.17, 15) is 9.59 Å². The number of hydrogen-bond donors (Lipinski definition) is 1. The number of aromatic nitrogens is 1. The van der Waals surface area contributed by atoms with Gasteiger partial charge < -0.3 is 10.0 Å². The van der Waals surface area contributed by atoms with E-state index >= 15 is 0 Å². The Morgan fingerprint density at radius 2 is 1.95 bits per heavy atom. The number of aromatic carboxylic acids is 1. The van der Waals surface area contributed by atoms with E-state index in [4.69, 9.17) is 5.11 Å². The molecule has 2 rings (SSSR count). The Labute approximate surface area is 112 Å². The summed E-state index contributed by atoms with van der Waals surface area (Å²) in [5.41, 5.74) is 0.117. The first-order valence-electron chi connectivity index (χ1n) is 6.48. The first kappa shape index (κ1) is 13.5. The van der Waals surface area contributed by atoms with Crippen LogP contribution in [-0.4, -0.2) is 40.0 Å². The zero-order valence-electron chi connectivity index (χ0n) is 11.2. The molecule has 0 saturated carbocycles. The highest BCUT2D eigenvalue weighted by atomic mass is 16.4. The monoisotopic (exact) mass is 262 g/mol. The highest BCUT2D eigenvalue weighted by molar-refractivity contribution is 5.94. The molecular formula is C14H18N2O3. The number of rotatable bonds is 2. The van der Waals surface area contributed by atoms with Crippen molar-refractivity contribution < 1.29 is 14.7 Å². The number of amides is 1. The van der Waals surface area contributed by atoms with Gasteiger partial charge in [-0.05, 0) is 30.4 Å². The van der Waals surface area contributed by atoms with Crippen molar-refractivity contribution >= 4 is 11.9 Å². The number of piperidine rings is 1. The molecule has 2 heterocycles. The van der Waals surface area contributed by atoms with Crippen LogP contribution in [0.25, 0.3) is 0 Å². The van der Waals surface area contributed by atoms with Crippen LogP contribution in [-0.2, 0) is 0 Å². The number of carboxylic acids is 1. The van der Waals surface area contributed by atoms with Crippen LogP contribution < -0.4 is 0 Å². The van der Waals surface area contributed by atoms with E-state index in [1.807, 2.05) is 0 Å². The van der Waals surface area contributed by atoms with Gasteiger partial charge in [0.15, 0.2) is 0 Å². The Balaban J connectivity index is 2.16. The van der Waals surface area contributed by atoms with Crippen molar-refractivity contribution in [3.05, 3.63) is 29.6 Å². The van der Waals surface area contributed by atoms with E-state index in [2.05, 4.69) is 18.8 Å². The lowest BCUT2D eigenvalue weighted by atomic mass is 9.88. The molecule has 0 spiro atoms. The van der Waals surface area contributed by atoms with Gasteiger partial charge in [-0.2, -0.15) is 0 Å². The fraction of sp³-hybridized carbons (Fsp3) is 0.500. The van der Waals surface area contributed by atoms with Crippen molar-refractivity contribution in [2.45, 2.75) is 20.3 Å². The molecular weight excluding hydrogens is 244 g/mol. The van der Waals surface area contributed by atoms with E-state index in [1.165, 1.54) is 6.07 Å². The minimum atomic E-state index is -1.12. The molecule has 102 valence electrons. The summed E-state index contributed by atoms with van der Waals surface area (Å²) in [6.07, 6.45) is 0.978. The molecule has 1 aromatic rings. The van der Waals surface area contributed by atoms with Gasteiger partial charge in [0.1, 0.15) is 11.4 Å². The SMILES string of the molecule is CC1CCN(C(=O)c2cccc(C(=O)O)n2)CC1C. The Kier molecular flexibility index (Phi) is 3.83. The van der Waals surface area contributed by atoms with Gasteiger partial charge in [-0.1, -0.05) is 19.9 Å². The minimum Gasteiger partial charge on any atom is -0.477 e. The molecule has 1 saturated heterocycles. The summed E-state index contributed by atoms with van der Waals surface area (Å²) < 4.78 is 0. The predicted molar refractivity (Wildman–Crippen MR) is 70.0 cm³/mol. The first-order chi connectivity index (χ1) is 8.99. The average Bonchev–Trinajstić information content (AvgIpc) is 2.41. The summed E-state index contributed by atoms with van der Waals surface area (Å²) in [7, 11) is 0. The van der Waals surface area contributed by atoms with Gasteiger partial charge in [0.2, 0.25) is 0 Å². The Hall–Kier alpha value is -1.91. The van der Waals surface area contributed by atoms with Gasteiger partial charge in [-0.25, -0.2) is 9.78 Å². The largest absolute Gasteiger partial charge is 0.477 e. The lowest BCUT2D eigenvalue weighted by Crippen LogP contribution is -2.42. The normalized spacial score (nSPS) is 23.2. The topological polar surface area (TPSA) is 70.5 Å². The van der Waals surface area contributed by atoms with Gasteiger partial charge in [-0.3, -0.25) is 4.79 Å². The van der Waals surface area contributed by atoms with E-state index in [0.717, 1.165) is 6.42 Å².